The average Bonchev–Trinajstić information content (AvgIpc) is 2.37. The highest BCUT2D eigenvalue weighted by atomic mass is 16.4. The Balaban J connectivity index is 2.28. The summed E-state index contributed by atoms with van der Waals surface area (Å²) < 4.78 is 0. The van der Waals surface area contributed by atoms with Gasteiger partial charge >= 0.3 is 12.0 Å². The lowest BCUT2D eigenvalue weighted by Gasteiger charge is -2.42. The van der Waals surface area contributed by atoms with Gasteiger partial charge in [0.25, 0.3) is 0 Å². The summed E-state index contributed by atoms with van der Waals surface area (Å²) in [5.74, 6) is -1.27. The molecule has 1 aliphatic heterocycles. The Labute approximate surface area is 119 Å². The number of carbonyl (C=O) groups is 2. The Morgan fingerprint density at radius 3 is 2.20 bits per heavy atom. The third-order valence-corrected chi connectivity index (χ3v) is 3.49. The molecule has 0 aromatic rings. The number of carboxylic acid groups (broad SMARTS) is 1. The molecule has 0 aliphatic carbocycles. The monoisotopic (exact) mass is 287 g/mol. The number of nitrogens with zero attached hydrogens (tertiary/aromatic N) is 2. The normalized spacial score (nSPS) is 18.7. The second-order valence-corrected chi connectivity index (χ2v) is 6.02. The fourth-order valence-corrected chi connectivity index (χ4v) is 2.13. The van der Waals surface area contributed by atoms with Gasteiger partial charge in [0.15, 0.2) is 6.10 Å². The second kappa shape index (κ2) is 6.90. The summed E-state index contributed by atoms with van der Waals surface area (Å²) in [5.41, 5.74) is 0.105. The highest BCUT2D eigenvalue weighted by molar-refractivity contribution is 5.74. The van der Waals surface area contributed by atoms with Crippen LogP contribution in [0.1, 0.15) is 27.2 Å². The third-order valence-electron chi connectivity index (χ3n) is 3.49. The standard InChI is InChI=1S/C13H25N3O4/c1-13(2,3)16-8-6-15(7-9-16)12(20)14-5-4-10(17)11(18)19/h10,17H,4-9H2,1-3H3,(H,14,20)(H,18,19). The van der Waals surface area contributed by atoms with E-state index in [0.29, 0.717) is 13.1 Å². The summed E-state index contributed by atoms with van der Waals surface area (Å²) in [6.07, 6.45) is -1.41. The molecule has 7 heteroatoms. The van der Waals surface area contributed by atoms with Crippen LogP contribution in [0.15, 0.2) is 0 Å². The van der Waals surface area contributed by atoms with Gasteiger partial charge in [-0.05, 0) is 20.8 Å². The van der Waals surface area contributed by atoms with E-state index in [-0.39, 0.29) is 24.5 Å². The average molecular weight is 287 g/mol. The van der Waals surface area contributed by atoms with Crippen molar-refractivity contribution in [2.75, 3.05) is 32.7 Å². The van der Waals surface area contributed by atoms with Gasteiger partial charge in [-0.15, -0.1) is 0 Å². The van der Waals surface area contributed by atoms with E-state index in [4.69, 9.17) is 10.2 Å². The minimum Gasteiger partial charge on any atom is -0.479 e. The number of aliphatic hydroxyl groups excluding tert-OH is 1. The molecule has 1 atom stereocenters. The Morgan fingerprint density at radius 1 is 1.20 bits per heavy atom. The summed E-state index contributed by atoms with van der Waals surface area (Å²) in [6, 6.07) is -0.198. The van der Waals surface area contributed by atoms with Crippen LogP contribution < -0.4 is 5.32 Å². The van der Waals surface area contributed by atoms with E-state index in [2.05, 4.69) is 31.0 Å². The molecule has 3 N–H and O–H groups in total. The zero-order chi connectivity index (χ0) is 15.3. The van der Waals surface area contributed by atoms with Gasteiger partial charge in [-0.1, -0.05) is 0 Å². The number of hydrogen-bond donors (Lipinski definition) is 3. The lowest BCUT2D eigenvalue weighted by molar-refractivity contribution is -0.146. The van der Waals surface area contributed by atoms with E-state index in [1.54, 1.807) is 4.90 Å². The van der Waals surface area contributed by atoms with E-state index in [0.717, 1.165) is 13.1 Å². The molecule has 0 aromatic carbocycles. The maximum atomic E-state index is 11.9. The number of urea groups is 1. The van der Waals surface area contributed by atoms with Crippen LogP contribution >= 0.6 is 0 Å². The van der Waals surface area contributed by atoms with Gasteiger partial charge in [0.2, 0.25) is 0 Å². The molecule has 20 heavy (non-hydrogen) atoms. The van der Waals surface area contributed by atoms with Crippen molar-refractivity contribution in [3.8, 4) is 0 Å². The number of carboxylic acids is 1. The lowest BCUT2D eigenvalue weighted by Crippen LogP contribution is -2.56. The summed E-state index contributed by atoms with van der Waals surface area (Å²) in [4.78, 5) is 26.3. The highest BCUT2D eigenvalue weighted by Gasteiger charge is 2.27. The molecular formula is C13H25N3O4. The largest absolute Gasteiger partial charge is 0.479 e. The zero-order valence-corrected chi connectivity index (χ0v) is 12.4. The molecule has 7 nitrogen and oxygen atoms in total. The molecule has 0 saturated carbocycles. The van der Waals surface area contributed by atoms with Gasteiger partial charge in [0, 0.05) is 44.7 Å². The molecule has 2 amide bonds. The van der Waals surface area contributed by atoms with Crippen LogP contribution in [0.2, 0.25) is 0 Å². The van der Waals surface area contributed by atoms with Crippen LogP contribution in [-0.4, -0.2) is 76.4 Å². The van der Waals surface area contributed by atoms with Crippen molar-refractivity contribution in [1.82, 2.24) is 15.1 Å². The molecule has 0 radical (unpaired) electrons. The number of carbonyl (C=O) groups excluding carboxylic acids is 1. The van der Waals surface area contributed by atoms with Gasteiger partial charge in [-0.2, -0.15) is 0 Å². The van der Waals surface area contributed by atoms with Crippen LogP contribution in [0.25, 0.3) is 0 Å². The van der Waals surface area contributed by atoms with Crippen molar-refractivity contribution >= 4 is 12.0 Å². The van der Waals surface area contributed by atoms with Crippen LogP contribution in [0.4, 0.5) is 4.79 Å². The first-order valence-electron chi connectivity index (χ1n) is 6.90. The summed E-state index contributed by atoms with van der Waals surface area (Å²) >= 11 is 0. The second-order valence-electron chi connectivity index (χ2n) is 6.02. The van der Waals surface area contributed by atoms with Crippen molar-refractivity contribution < 1.29 is 19.8 Å². The fourth-order valence-electron chi connectivity index (χ4n) is 2.13. The Kier molecular flexibility index (Phi) is 5.76. The number of rotatable bonds is 4. The van der Waals surface area contributed by atoms with Crippen molar-refractivity contribution in [2.24, 2.45) is 0 Å². The number of amides is 2. The molecule has 1 aliphatic rings. The molecule has 0 bridgehead atoms. The Bertz CT molecular complexity index is 346. The van der Waals surface area contributed by atoms with Gasteiger partial charge in [-0.25, -0.2) is 9.59 Å². The Morgan fingerprint density at radius 2 is 1.75 bits per heavy atom. The van der Waals surface area contributed by atoms with Gasteiger partial charge < -0.3 is 20.4 Å². The van der Waals surface area contributed by atoms with Gasteiger partial charge in [0.05, 0.1) is 0 Å². The first kappa shape index (κ1) is 16.7. The quantitative estimate of drug-likeness (QED) is 0.674. The SMILES string of the molecule is CC(C)(C)N1CCN(C(=O)NCCC(O)C(=O)O)CC1. The molecule has 0 spiro atoms. The molecular weight excluding hydrogens is 262 g/mol. The van der Waals surface area contributed by atoms with Crippen LogP contribution in [0, 0.1) is 0 Å². The molecule has 1 saturated heterocycles. The van der Waals surface area contributed by atoms with E-state index in [1.807, 2.05) is 0 Å². The first-order chi connectivity index (χ1) is 9.21. The summed E-state index contributed by atoms with van der Waals surface area (Å²) in [6.45, 7) is 9.58. The smallest absolute Gasteiger partial charge is 0.332 e. The minimum atomic E-state index is -1.42. The summed E-state index contributed by atoms with van der Waals surface area (Å²) in [5, 5.41) is 20.3. The predicted molar refractivity (Wildman–Crippen MR) is 74.6 cm³/mol. The van der Waals surface area contributed by atoms with Crippen molar-refractivity contribution in [3.63, 3.8) is 0 Å². The topological polar surface area (TPSA) is 93.1 Å². The van der Waals surface area contributed by atoms with Gasteiger partial charge in [0.1, 0.15) is 0 Å². The molecule has 1 unspecified atom stereocenters. The number of nitrogens with one attached hydrogen (secondary N) is 1. The fraction of sp³-hybridized carbons (Fsp3) is 0.846. The van der Waals surface area contributed by atoms with E-state index >= 15 is 0 Å². The van der Waals surface area contributed by atoms with E-state index in [9.17, 15) is 9.59 Å². The van der Waals surface area contributed by atoms with Crippen molar-refractivity contribution in [2.45, 2.75) is 38.8 Å². The molecule has 1 rings (SSSR count). The highest BCUT2D eigenvalue weighted by Crippen LogP contribution is 2.15. The number of aliphatic hydroxyl groups is 1. The van der Waals surface area contributed by atoms with E-state index < -0.39 is 12.1 Å². The van der Waals surface area contributed by atoms with Crippen LogP contribution in [0.5, 0.6) is 0 Å². The zero-order valence-electron chi connectivity index (χ0n) is 12.4. The third kappa shape index (κ3) is 4.97. The molecule has 116 valence electrons. The molecule has 0 aromatic heterocycles. The van der Waals surface area contributed by atoms with Gasteiger partial charge in [-0.3, -0.25) is 4.90 Å². The number of hydrogen-bond acceptors (Lipinski definition) is 4. The number of piperazine rings is 1. The molecule has 1 heterocycles. The van der Waals surface area contributed by atoms with Crippen LogP contribution in [0.3, 0.4) is 0 Å². The predicted octanol–water partition coefficient (Wildman–Crippen LogP) is -0.0523. The maximum absolute atomic E-state index is 11.9. The van der Waals surface area contributed by atoms with Crippen molar-refractivity contribution in [3.05, 3.63) is 0 Å². The van der Waals surface area contributed by atoms with Crippen LogP contribution in [-0.2, 0) is 4.79 Å². The lowest BCUT2D eigenvalue weighted by atomic mass is 10.1. The Hall–Kier alpha value is -1.34. The minimum absolute atomic E-state index is 0.0169. The number of aliphatic carboxylic acids is 1. The summed E-state index contributed by atoms with van der Waals surface area (Å²) in [7, 11) is 0. The maximum Gasteiger partial charge on any atom is 0.332 e. The first-order valence-corrected chi connectivity index (χ1v) is 6.90. The van der Waals surface area contributed by atoms with Crippen molar-refractivity contribution in [1.29, 1.82) is 0 Å². The molecule has 1 fully saturated rings. The van der Waals surface area contributed by atoms with E-state index in [1.165, 1.54) is 0 Å².